The van der Waals surface area contributed by atoms with Crippen LogP contribution in [0.1, 0.15) is 27.2 Å². The van der Waals surface area contributed by atoms with E-state index in [1.807, 2.05) is 20.8 Å². The van der Waals surface area contributed by atoms with E-state index in [2.05, 4.69) is 60.7 Å². The van der Waals surface area contributed by atoms with Gasteiger partial charge in [-0.2, -0.15) is 0 Å². The molecule has 0 atom stereocenters. The van der Waals surface area contributed by atoms with Gasteiger partial charge in [0.25, 0.3) is 5.97 Å². The van der Waals surface area contributed by atoms with Crippen LogP contribution in [0.3, 0.4) is 0 Å². The highest BCUT2D eigenvalue weighted by Gasteiger charge is 2.33. The van der Waals surface area contributed by atoms with Crippen LogP contribution in [-0.4, -0.2) is 32.0 Å². The zero-order valence-corrected chi connectivity index (χ0v) is 16.4. The van der Waals surface area contributed by atoms with Gasteiger partial charge in [0.15, 0.2) is 0 Å². The van der Waals surface area contributed by atoms with Crippen LogP contribution in [0.4, 0.5) is 0 Å². The molecule has 0 spiro atoms. The normalized spacial score (nSPS) is 11.8. The molecule has 0 aliphatic carbocycles. The molecule has 0 saturated carbocycles. The second-order valence-corrected chi connectivity index (χ2v) is 7.89. The minimum Gasteiger partial charge on any atom is -0.328 e. The molecule has 0 amide bonds. The van der Waals surface area contributed by atoms with Crippen LogP contribution in [0.5, 0.6) is 0 Å². The van der Waals surface area contributed by atoms with Gasteiger partial charge >= 0.3 is 0 Å². The maximum Gasteiger partial charge on any atom is 0.283 e. The Balaban J connectivity index is 2.23. The Labute approximate surface area is 153 Å². The zero-order chi connectivity index (χ0) is 18.0. The van der Waals surface area contributed by atoms with E-state index in [1.54, 1.807) is 0 Å². The number of ether oxygens (including phenoxy) is 3. The molecule has 0 aliphatic rings. The molecule has 0 fully saturated rings. The van der Waals surface area contributed by atoms with Crippen LogP contribution >= 0.6 is 7.92 Å². The lowest BCUT2D eigenvalue weighted by Crippen LogP contribution is -2.40. The smallest absolute Gasteiger partial charge is 0.283 e. The molecular formula is C21H29O3P. The third-order valence-corrected chi connectivity index (χ3v) is 6.38. The molecule has 2 aromatic carbocycles. The first-order valence-corrected chi connectivity index (χ1v) is 10.6. The fraction of sp³-hybridized carbons (Fsp3) is 0.429. The minimum absolute atomic E-state index is 0.487. The molecule has 25 heavy (non-hydrogen) atoms. The molecule has 0 heterocycles. The second kappa shape index (κ2) is 10.7. The Morgan fingerprint density at radius 3 is 1.44 bits per heavy atom. The van der Waals surface area contributed by atoms with E-state index in [0.717, 1.165) is 6.16 Å². The van der Waals surface area contributed by atoms with Gasteiger partial charge in [-0.15, -0.1) is 0 Å². The fourth-order valence-corrected chi connectivity index (χ4v) is 5.25. The molecule has 4 heteroatoms. The predicted octanol–water partition coefficient (Wildman–Crippen LogP) is 4.27. The van der Waals surface area contributed by atoms with Crippen LogP contribution in [0, 0.1) is 0 Å². The summed E-state index contributed by atoms with van der Waals surface area (Å²) in [6, 6.07) is 21.4. The van der Waals surface area contributed by atoms with Crippen molar-refractivity contribution in [1.29, 1.82) is 0 Å². The van der Waals surface area contributed by atoms with E-state index in [1.165, 1.54) is 10.6 Å². The zero-order valence-electron chi connectivity index (χ0n) is 15.5. The Kier molecular flexibility index (Phi) is 8.57. The molecule has 0 aromatic heterocycles. The summed E-state index contributed by atoms with van der Waals surface area (Å²) in [6.45, 7) is 7.62. The maximum atomic E-state index is 5.90. The van der Waals surface area contributed by atoms with Crippen molar-refractivity contribution in [2.75, 3.05) is 26.0 Å². The van der Waals surface area contributed by atoms with Crippen molar-refractivity contribution < 1.29 is 14.2 Å². The highest BCUT2D eigenvalue weighted by Crippen LogP contribution is 2.37. The average Bonchev–Trinajstić information content (AvgIpc) is 2.64. The monoisotopic (exact) mass is 360 g/mol. The first-order chi connectivity index (χ1) is 12.2. The van der Waals surface area contributed by atoms with Crippen LogP contribution in [0.15, 0.2) is 60.7 Å². The Bertz CT molecular complexity index is 532. The van der Waals surface area contributed by atoms with Crippen molar-refractivity contribution >= 4 is 18.5 Å². The Morgan fingerprint density at radius 1 is 0.680 bits per heavy atom. The fourth-order valence-electron chi connectivity index (χ4n) is 2.87. The molecule has 2 aromatic rings. The lowest BCUT2D eigenvalue weighted by molar-refractivity contribution is -0.377. The van der Waals surface area contributed by atoms with Crippen LogP contribution < -0.4 is 10.6 Å². The first kappa shape index (κ1) is 20.1. The molecule has 3 nitrogen and oxygen atoms in total. The summed E-state index contributed by atoms with van der Waals surface area (Å²) in [5.74, 6) is -0.942. The van der Waals surface area contributed by atoms with Gasteiger partial charge in [-0.05, 0) is 45.5 Å². The molecular weight excluding hydrogens is 331 g/mol. The van der Waals surface area contributed by atoms with E-state index < -0.39 is 13.9 Å². The number of hydrogen-bond acceptors (Lipinski definition) is 3. The molecule has 136 valence electrons. The molecule has 0 unspecified atom stereocenters. The molecule has 2 rings (SSSR count). The predicted molar refractivity (Wildman–Crippen MR) is 106 cm³/mol. The van der Waals surface area contributed by atoms with Crippen molar-refractivity contribution in [1.82, 2.24) is 0 Å². The molecule has 0 saturated heterocycles. The van der Waals surface area contributed by atoms with E-state index in [-0.39, 0.29) is 0 Å². The van der Waals surface area contributed by atoms with Gasteiger partial charge in [0, 0.05) is 26.2 Å². The van der Waals surface area contributed by atoms with Crippen LogP contribution in [-0.2, 0) is 14.2 Å². The first-order valence-electron chi connectivity index (χ1n) is 9.04. The molecule has 0 bridgehead atoms. The summed E-state index contributed by atoms with van der Waals surface area (Å²) in [5.41, 5.74) is 0. The van der Waals surface area contributed by atoms with Gasteiger partial charge in [-0.1, -0.05) is 60.7 Å². The topological polar surface area (TPSA) is 27.7 Å². The molecule has 0 N–H and O–H groups in total. The van der Waals surface area contributed by atoms with E-state index in [4.69, 9.17) is 14.2 Å². The van der Waals surface area contributed by atoms with Gasteiger partial charge in [0.05, 0.1) is 0 Å². The lowest BCUT2D eigenvalue weighted by atomic mass is 10.4. The van der Waals surface area contributed by atoms with Crippen LogP contribution in [0.25, 0.3) is 0 Å². The van der Waals surface area contributed by atoms with Gasteiger partial charge < -0.3 is 14.2 Å². The lowest BCUT2D eigenvalue weighted by Gasteiger charge is -2.33. The third kappa shape index (κ3) is 5.90. The minimum atomic E-state index is -0.942. The van der Waals surface area contributed by atoms with Crippen LogP contribution in [0.2, 0.25) is 0 Å². The van der Waals surface area contributed by atoms with E-state index >= 15 is 0 Å². The van der Waals surface area contributed by atoms with E-state index in [9.17, 15) is 0 Å². The van der Waals surface area contributed by atoms with Gasteiger partial charge in [0.1, 0.15) is 0 Å². The molecule has 0 aliphatic heterocycles. The summed E-state index contributed by atoms with van der Waals surface area (Å²) in [5, 5.41) is 2.73. The van der Waals surface area contributed by atoms with Crippen molar-refractivity contribution in [2.45, 2.75) is 33.2 Å². The highest BCUT2D eigenvalue weighted by atomic mass is 31.1. The Morgan fingerprint density at radius 2 is 1.08 bits per heavy atom. The van der Waals surface area contributed by atoms with Crippen molar-refractivity contribution in [3.05, 3.63) is 60.7 Å². The average molecular weight is 360 g/mol. The number of hydrogen-bond donors (Lipinski definition) is 0. The molecule has 0 radical (unpaired) electrons. The summed E-state index contributed by atoms with van der Waals surface area (Å²) in [6.07, 6.45) is 1.65. The van der Waals surface area contributed by atoms with Gasteiger partial charge in [-0.25, -0.2) is 0 Å². The second-order valence-electron chi connectivity index (χ2n) is 5.55. The third-order valence-electron chi connectivity index (χ3n) is 3.87. The van der Waals surface area contributed by atoms with E-state index in [0.29, 0.717) is 26.2 Å². The summed E-state index contributed by atoms with van der Waals surface area (Å²) in [4.78, 5) is 0. The van der Waals surface area contributed by atoms with Crippen molar-refractivity contribution in [2.24, 2.45) is 0 Å². The largest absolute Gasteiger partial charge is 0.328 e. The Hall–Kier alpha value is -1.25. The quantitative estimate of drug-likeness (QED) is 0.442. The summed E-state index contributed by atoms with van der Waals surface area (Å²) >= 11 is 0. The number of benzene rings is 2. The van der Waals surface area contributed by atoms with Crippen molar-refractivity contribution in [3.8, 4) is 0 Å². The SMILES string of the molecule is CCOC(CCP(c1ccccc1)c1ccccc1)(OCC)OCC. The standard InChI is InChI=1S/C21H29O3P/c1-4-22-21(23-5-2,24-6-3)17-18-25(19-13-9-7-10-14-19)20-15-11-8-12-16-20/h7-16H,4-6,17-18H2,1-3H3. The summed E-state index contributed by atoms with van der Waals surface area (Å²) < 4.78 is 17.7. The number of rotatable bonds is 11. The van der Waals surface area contributed by atoms with Gasteiger partial charge in [0.2, 0.25) is 0 Å². The van der Waals surface area contributed by atoms with Gasteiger partial charge in [-0.3, -0.25) is 0 Å². The summed E-state index contributed by atoms with van der Waals surface area (Å²) in [7, 11) is -0.487. The van der Waals surface area contributed by atoms with Crippen molar-refractivity contribution in [3.63, 3.8) is 0 Å². The highest BCUT2D eigenvalue weighted by molar-refractivity contribution is 7.73. The maximum absolute atomic E-state index is 5.90.